The van der Waals surface area contributed by atoms with E-state index >= 15 is 0 Å². The second-order valence-electron chi connectivity index (χ2n) is 6.48. The molecule has 1 aromatic carbocycles. The molecule has 0 saturated carbocycles. The van der Waals surface area contributed by atoms with Gasteiger partial charge in [-0.1, -0.05) is 0 Å². The van der Waals surface area contributed by atoms with Gasteiger partial charge in [0, 0.05) is 36.9 Å². The first-order chi connectivity index (χ1) is 14.2. The Kier molecular flexibility index (Phi) is 5.90. The number of benzene rings is 1. The molecular formula is C19H18F3N5O3. The molecular weight excluding hydrogens is 403 g/mol. The van der Waals surface area contributed by atoms with E-state index in [4.69, 9.17) is 4.74 Å². The first-order valence-corrected chi connectivity index (χ1v) is 8.81. The Morgan fingerprint density at radius 3 is 2.73 bits per heavy atom. The van der Waals surface area contributed by atoms with Crippen molar-refractivity contribution in [3.8, 4) is 11.4 Å². The Bertz CT molecular complexity index is 1030. The SMILES string of the molecule is COC1=CC(=O)N(NC(=O)/C=C\n2cnc(-c3cc(C)cc(C(F)(F)F)c3)n2)CC1. The third-order valence-electron chi connectivity index (χ3n) is 4.19. The van der Waals surface area contributed by atoms with Gasteiger partial charge in [-0.15, -0.1) is 5.10 Å². The van der Waals surface area contributed by atoms with Crippen LogP contribution < -0.4 is 5.43 Å². The maximum atomic E-state index is 13.0. The highest BCUT2D eigenvalue weighted by Crippen LogP contribution is 2.32. The van der Waals surface area contributed by atoms with Crippen LogP contribution in [0.1, 0.15) is 17.5 Å². The molecule has 1 aliphatic heterocycles. The molecule has 0 fully saturated rings. The van der Waals surface area contributed by atoms with Crippen LogP contribution in [0.2, 0.25) is 0 Å². The number of aryl methyl sites for hydroxylation is 1. The van der Waals surface area contributed by atoms with Crippen molar-refractivity contribution >= 4 is 18.0 Å². The largest absolute Gasteiger partial charge is 0.501 e. The molecule has 2 aromatic rings. The number of amides is 2. The fraction of sp³-hybridized carbons (Fsp3) is 0.263. The molecule has 0 radical (unpaired) electrons. The third-order valence-corrected chi connectivity index (χ3v) is 4.19. The van der Waals surface area contributed by atoms with E-state index in [9.17, 15) is 22.8 Å². The Morgan fingerprint density at radius 1 is 1.30 bits per heavy atom. The van der Waals surface area contributed by atoms with Crippen molar-refractivity contribution in [1.29, 1.82) is 0 Å². The summed E-state index contributed by atoms with van der Waals surface area (Å²) in [6, 6.07) is 3.54. The molecule has 30 heavy (non-hydrogen) atoms. The van der Waals surface area contributed by atoms with E-state index in [1.807, 2.05) is 0 Å². The maximum Gasteiger partial charge on any atom is 0.416 e. The lowest BCUT2D eigenvalue weighted by Crippen LogP contribution is -2.47. The van der Waals surface area contributed by atoms with E-state index in [2.05, 4.69) is 15.5 Å². The number of hydrogen-bond acceptors (Lipinski definition) is 5. The molecule has 0 bridgehead atoms. The van der Waals surface area contributed by atoms with E-state index in [0.717, 1.165) is 23.2 Å². The van der Waals surface area contributed by atoms with Crippen molar-refractivity contribution < 1.29 is 27.5 Å². The van der Waals surface area contributed by atoms with Gasteiger partial charge in [0.2, 0.25) is 0 Å². The minimum Gasteiger partial charge on any atom is -0.501 e. The number of carbonyl (C=O) groups is 2. The van der Waals surface area contributed by atoms with Gasteiger partial charge in [0.15, 0.2) is 5.82 Å². The molecule has 158 valence electrons. The molecule has 0 atom stereocenters. The molecule has 8 nitrogen and oxygen atoms in total. The van der Waals surface area contributed by atoms with Crippen LogP contribution in [0, 0.1) is 6.92 Å². The standard InChI is InChI=1S/C19H18F3N5O3/c1-12-7-13(9-14(8-12)19(20,21)22)18-23-11-26(25-18)5-4-16(28)24-27-6-3-15(30-2)10-17(27)29/h4-5,7-11H,3,6H2,1-2H3,(H,24,28)/b5-4-. The van der Waals surface area contributed by atoms with E-state index < -0.39 is 23.6 Å². The molecule has 2 amide bonds. The lowest BCUT2D eigenvalue weighted by Gasteiger charge is -2.25. The monoisotopic (exact) mass is 421 g/mol. The summed E-state index contributed by atoms with van der Waals surface area (Å²) in [6.45, 7) is 1.81. The average Bonchev–Trinajstić information content (AvgIpc) is 3.16. The normalized spacial score (nSPS) is 14.8. The van der Waals surface area contributed by atoms with Crippen molar-refractivity contribution in [2.45, 2.75) is 19.5 Å². The molecule has 0 spiro atoms. The molecule has 0 aliphatic carbocycles. The number of aromatic nitrogens is 3. The van der Waals surface area contributed by atoms with Gasteiger partial charge >= 0.3 is 6.18 Å². The van der Waals surface area contributed by atoms with Gasteiger partial charge in [0.05, 0.1) is 12.7 Å². The Hall–Kier alpha value is -3.63. The second kappa shape index (κ2) is 8.39. The number of carbonyl (C=O) groups excluding carboxylic acids is 2. The number of nitrogens with zero attached hydrogens (tertiary/aromatic N) is 4. The Labute approximate surface area is 169 Å². The van der Waals surface area contributed by atoms with Crippen LogP contribution in [0.15, 0.2) is 42.4 Å². The lowest BCUT2D eigenvalue weighted by molar-refractivity contribution is -0.137. The number of hydrogen-bond donors (Lipinski definition) is 1. The summed E-state index contributed by atoms with van der Waals surface area (Å²) < 4.78 is 45.2. The minimum atomic E-state index is -4.48. The minimum absolute atomic E-state index is 0.0812. The first-order valence-electron chi connectivity index (χ1n) is 8.81. The van der Waals surface area contributed by atoms with Crippen LogP contribution >= 0.6 is 0 Å². The number of methoxy groups -OCH3 is 1. The lowest BCUT2D eigenvalue weighted by atomic mass is 10.1. The van der Waals surface area contributed by atoms with Gasteiger partial charge in [-0.2, -0.15) is 13.2 Å². The summed E-state index contributed by atoms with van der Waals surface area (Å²) in [5.74, 6) is -0.383. The van der Waals surface area contributed by atoms with Gasteiger partial charge < -0.3 is 4.74 Å². The van der Waals surface area contributed by atoms with E-state index in [1.165, 1.54) is 36.5 Å². The summed E-state index contributed by atoms with van der Waals surface area (Å²) in [7, 11) is 1.46. The van der Waals surface area contributed by atoms with Crippen molar-refractivity contribution in [1.82, 2.24) is 25.2 Å². The van der Waals surface area contributed by atoms with E-state index in [-0.39, 0.29) is 17.9 Å². The number of rotatable bonds is 5. The number of halogens is 3. The molecule has 1 N–H and O–H groups in total. The number of nitrogens with one attached hydrogen (secondary N) is 1. The predicted octanol–water partition coefficient (Wildman–Crippen LogP) is 2.54. The van der Waals surface area contributed by atoms with Gasteiger partial charge in [-0.25, -0.2) is 14.7 Å². The zero-order valence-corrected chi connectivity index (χ0v) is 16.1. The van der Waals surface area contributed by atoms with Crippen LogP contribution in [0.3, 0.4) is 0 Å². The molecule has 0 saturated heterocycles. The summed E-state index contributed by atoms with van der Waals surface area (Å²) in [5, 5.41) is 5.21. The second-order valence-corrected chi connectivity index (χ2v) is 6.48. The highest BCUT2D eigenvalue weighted by Gasteiger charge is 2.31. The first kappa shape index (κ1) is 21.1. The van der Waals surface area contributed by atoms with Crippen molar-refractivity contribution in [3.63, 3.8) is 0 Å². The summed E-state index contributed by atoms with van der Waals surface area (Å²) >= 11 is 0. The highest BCUT2D eigenvalue weighted by atomic mass is 19.4. The van der Waals surface area contributed by atoms with Crippen LogP contribution in [0.25, 0.3) is 17.6 Å². The van der Waals surface area contributed by atoms with Crippen molar-refractivity contribution in [3.05, 3.63) is 53.6 Å². The molecule has 3 rings (SSSR count). The Balaban J connectivity index is 1.68. The number of hydrazine groups is 1. The van der Waals surface area contributed by atoms with Crippen molar-refractivity contribution in [2.24, 2.45) is 0 Å². The fourth-order valence-electron chi connectivity index (χ4n) is 2.76. The van der Waals surface area contributed by atoms with E-state index in [0.29, 0.717) is 17.7 Å². The molecule has 2 heterocycles. The van der Waals surface area contributed by atoms with Crippen LogP contribution in [0.4, 0.5) is 13.2 Å². The fourth-order valence-corrected chi connectivity index (χ4v) is 2.76. The maximum absolute atomic E-state index is 13.0. The van der Waals surface area contributed by atoms with E-state index in [1.54, 1.807) is 6.92 Å². The smallest absolute Gasteiger partial charge is 0.416 e. The van der Waals surface area contributed by atoms with Gasteiger partial charge in [0.25, 0.3) is 11.8 Å². The topological polar surface area (TPSA) is 89.4 Å². The highest BCUT2D eigenvalue weighted by molar-refractivity contribution is 5.94. The zero-order chi connectivity index (χ0) is 21.9. The summed E-state index contributed by atoms with van der Waals surface area (Å²) in [4.78, 5) is 27.9. The number of ether oxygens (including phenoxy) is 1. The molecule has 1 aromatic heterocycles. The summed E-state index contributed by atoms with van der Waals surface area (Å²) in [6.07, 6.45) is 0.930. The van der Waals surface area contributed by atoms with Gasteiger partial charge in [0.1, 0.15) is 12.1 Å². The quantitative estimate of drug-likeness (QED) is 0.750. The van der Waals surface area contributed by atoms with Crippen LogP contribution in [0.5, 0.6) is 0 Å². The third kappa shape index (κ3) is 5.04. The molecule has 11 heteroatoms. The van der Waals surface area contributed by atoms with Crippen LogP contribution in [-0.4, -0.2) is 45.2 Å². The Morgan fingerprint density at radius 2 is 2.07 bits per heavy atom. The van der Waals surface area contributed by atoms with Crippen LogP contribution in [-0.2, 0) is 20.5 Å². The van der Waals surface area contributed by atoms with Gasteiger partial charge in [-0.3, -0.25) is 15.0 Å². The predicted molar refractivity (Wildman–Crippen MR) is 100 cm³/mol. The molecule has 1 aliphatic rings. The molecule has 0 unspecified atom stereocenters. The zero-order valence-electron chi connectivity index (χ0n) is 16.1. The van der Waals surface area contributed by atoms with Crippen molar-refractivity contribution in [2.75, 3.05) is 13.7 Å². The van der Waals surface area contributed by atoms with Gasteiger partial charge in [-0.05, 0) is 30.7 Å². The average molecular weight is 421 g/mol. The number of alkyl halides is 3. The summed E-state index contributed by atoms with van der Waals surface area (Å²) in [5.41, 5.74) is 2.26.